The number of aromatic amines is 1. The van der Waals surface area contributed by atoms with E-state index in [2.05, 4.69) is 25.2 Å². The molecule has 3 rings (SSSR count). The van der Waals surface area contributed by atoms with Crippen LogP contribution in [0.4, 0.5) is 5.13 Å². The Kier molecular flexibility index (Phi) is 3.56. The number of hydrogen-bond donors (Lipinski definition) is 1. The summed E-state index contributed by atoms with van der Waals surface area (Å²) >= 11 is 1.69. The SMILES string of the molecule is Cc1csc(N2CCCC(c3cc(=O)[nH]c(C)n3)C2)n1. The number of aryl methyl sites for hydroxylation is 2. The van der Waals surface area contributed by atoms with E-state index in [0.717, 1.165) is 42.5 Å². The van der Waals surface area contributed by atoms with Crippen molar-refractivity contribution in [2.45, 2.75) is 32.6 Å². The van der Waals surface area contributed by atoms with E-state index >= 15 is 0 Å². The maximum Gasteiger partial charge on any atom is 0.251 e. The van der Waals surface area contributed by atoms with Crippen LogP contribution in [0.2, 0.25) is 0 Å². The van der Waals surface area contributed by atoms with Crippen LogP contribution in [0.1, 0.15) is 36.0 Å². The molecule has 1 aliphatic heterocycles. The van der Waals surface area contributed by atoms with Crippen LogP contribution < -0.4 is 10.5 Å². The van der Waals surface area contributed by atoms with Crippen molar-refractivity contribution in [1.29, 1.82) is 0 Å². The minimum Gasteiger partial charge on any atom is -0.347 e. The van der Waals surface area contributed by atoms with Gasteiger partial charge in [-0.25, -0.2) is 9.97 Å². The molecule has 20 heavy (non-hydrogen) atoms. The summed E-state index contributed by atoms with van der Waals surface area (Å²) in [5, 5.41) is 3.16. The molecule has 0 radical (unpaired) electrons. The molecule has 1 saturated heterocycles. The Morgan fingerprint density at radius 1 is 1.40 bits per heavy atom. The maximum absolute atomic E-state index is 11.6. The molecule has 5 nitrogen and oxygen atoms in total. The topological polar surface area (TPSA) is 61.9 Å². The molecular weight excluding hydrogens is 272 g/mol. The molecule has 3 heterocycles. The van der Waals surface area contributed by atoms with E-state index in [9.17, 15) is 4.79 Å². The summed E-state index contributed by atoms with van der Waals surface area (Å²) in [5.74, 6) is 1.00. The fourth-order valence-corrected chi connectivity index (χ4v) is 3.53. The maximum atomic E-state index is 11.6. The molecule has 1 unspecified atom stereocenters. The molecule has 0 spiro atoms. The quantitative estimate of drug-likeness (QED) is 0.921. The van der Waals surface area contributed by atoms with Crippen molar-refractivity contribution < 1.29 is 0 Å². The zero-order valence-electron chi connectivity index (χ0n) is 11.7. The van der Waals surface area contributed by atoms with Gasteiger partial charge in [-0.3, -0.25) is 4.79 Å². The molecule has 0 amide bonds. The number of nitrogens with zero attached hydrogens (tertiary/aromatic N) is 3. The third-order valence-electron chi connectivity index (χ3n) is 3.60. The number of nitrogens with one attached hydrogen (secondary N) is 1. The van der Waals surface area contributed by atoms with E-state index in [1.54, 1.807) is 17.4 Å². The first kappa shape index (κ1) is 13.3. The minimum absolute atomic E-state index is 0.0604. The van der Waals surface area contributed by atoms with Gasteiger partial charge in [0.2, 0.25) is 0 Å². The van der Waals surface area contributed by atoms with Crippen molar-refractivity contribution in [2.75, 3.05) is 18.0 Å². The molecule has 0 aromatic carbocycles. The van der Waals surface area contributed by atoms with Gasteiger partial charge in [0, 0.05) is 30.5 Å². The summed E-state index contributed by atoms with van der Waals surface area (Å²) in [4.78, 5) is 25.6. The molecule has 2 aromatic heterocycles. The first-order valence-corrected chi connectivity index (χ1v) is 7.75. The fourth-order valence-electron chi connectivity index (χ4n) is 2.69. The Labute approximate surface area is 121 Å². The van der Waals surface area contributed by atoms with Gasteiger partial charge < -0.3 is 9.88 Å². The van der Waals surface area contributed by atoms with Gasteiger partial charge in [-0.2, -0.15) is 0 Å². The van der Waals surface area contributed by atoms with Crippen LogP contribution in [0.15, 0.2) is 16.2 Å². The number of aromatic nitrogens is 3. The van der Waals surface area contributed by atoms with Crippen LogP contribution in [-0.2, 0) is 0 Å². The van der Waals surface area contributed by atoms with E-state index in [1.807, 2.05) is 13.8 Å². The number of hydrogen-bond acceptors (Lipinski definition) is 5. The van der Waals surface area contributed by atoms with Crippen molar-refractivity contribution in [3.8, 4) is 0 Å². The molecule has 106 valence electrons. The van der Waals surface area contributed by atoms with Crippen molar-refractivity contribution in [3.63, 3.8) is 0 Å². The largest absolute Gasteiger partial charge is 0.347 e. The van der Waals surface area contributed by atoms with E-state index in [1.165, 1.54) is 0 Å². The average Bonchev–Trinajstić information content (AvgIpc) is 2.85. The molecule has 1 atom stereocenters. The van der Waals surface area contributed by atoms with E-state index in [0.29, 0.717) is 11.7 Å². The lowest BCUT2D eigenvalue weighted by molar-refractivity contribution is 0.498. The molecule has 0 saturated carbocycles. The van der Waals surface area contributed by atoms with Crippen LogP contribution >= 0.6 is 11.3 Å². The van der Waals surface area contributed by atoms with Crippen molar-refractivity contribution in [3.05, 3.63) is 39.0 Å². The predicted molar refractivity (Wildman–Crippen MR) is 80.6 cm³/mol. The van der Waals surface area contributed by atoms with Gasteiger partial charge in [-0.05, 0) is 26.7 Å². The second-order valence-corrected chi connectivity index (χ2v) is 6.15. The molecule has 0 aliphatic carbocycles. The molecule has 2 aromatic rings. The second-order valence-electron chi connectivity index (χ2n) is 5.31. The summed E-state index contributed by atoms with van der Waals surface area (Å²) in [6, 6.07) is 1.63. The number of anilines is 1. The van der Waals surface area contributed by atoms with Gasteiger partial charge in [-0.15, -0.1) is 11.3 Å². The highest BCUT2D eigenvalue weighted by atomic mass is 32.1. The zero-order valence-corrected chi connectivity index (χ0v) is 12.5. The fraction of sp³-hybridized carbons (Fsp3) is 0.500. The standard InChI is InChI=1S/C14H18N4OS/c1-9-8-20-14(15-9)18-5-3-4-11(7-18)12-6-13(19)17-10(2)16-12/h6,8,11H,3-5,7H2,1-2H3,(H,16,17,19). The lowest BCUT2D eigenvalue weighted by Gasteiger charge is -2.32. The summed E-state index contributed by atoms with van der Waals surface area (Å²) in [6.45, 7) is 5.77. The highest BCUT2D eigenvalue weighted by Gasteiger charge is 2.24. The lowest BCUT2D eigenvalue weighted by Crippen LogP contribution is -2.35. The second kappa shape index (κ2) is 5.36. The van der Waals surface area contributed by atoms with Gasteiger partial charge >= 0.3 is 0 Å². The smallest absolute Gasteiger partial charge is 0.251 e. The van der Waals surface area contributed by atoms with Crippen molar-refractivity contribution in [1.82, 2.24) is 15.0 Å². The summed E-state index contributed by atoms with van der Waals surface area (Å²) in [7, 11) is 0. The molecule has 1 aliphatic rings. The summed E-state index contributed by atoms with van der Waals surface area (Å²) in [5.41, 5.74) is 1.91. The predicted octanol–water partition coefficient (Wildman–Crippen LogP) is 2.23. The van der Waals surface area contributed by atoms with Crippen LogP contribution in [0.3, 0.4) is 0 Å². The van der Waals surface area contributed by atoms with Crippen LogP contribution in [-0.4, -0.2) is 28.0 Å². The van der Waals surface area contributed by atoms with E-state index in [-0.39, 0.29) is 5.56 Å². The Morgan fingerprint density at radius 2 is 2.25 bits per heavy atom. The lowest BCUT2D eigenvalue weighted by atomic mass is 9.95. The first-order chi connectivity index (χ1) is 9.61. The Morgan fingerprint density at radius 3 is 2.95 bits per heavy atom. The van der Waals surface area contributed by atoms with Crippen LogP contribution in [0.25, 0.3) is 0 Å². The molecule has 1 fully saturated rings. The highest BCUT2D eigenvalue weighted by Crippen LogP contribution is 2.30. The summed E-state index contributed by atoms with van der Waals surface area (Å²) < 4.78 is 0. The molecule has 0 bridgehead atoms. The van der Waals surface area contributed by atoms with Gasteiger partial charge in [0.25, 0.3) is 5.56 Å². The molecule has 6 heteroatoms. The number of H-pyrrole nitrogens is 1. The summed E-state index contributed by atoms with van der Waals surface area (Å²) in [6.07, 6.45) is 2.19. The third-order valence-corrected chi connectivity index (χ3v) is 4.62. The number of rotatable bonds is 2. The Hall–Kier alpha value is -1.69. The Balaban J connectivity index is 1.82. The average molecular weight is 290 g/mol. The number of thiazole rings is 1. The first-order valence-electron chi connectivity index (χ1n) is 6.87. The monoisotopic (exact) mass is 290 g/mol. The van der Waals surface area contributed by atoms with Crippen molar-refractivity contribution >= 4 is 16.5 Å². The van der Waals surface area contributed by atoms with Gasteiger partial charge in [0.05, 0.1) is 11.4 Å². The molecular formula is C14H18N4OS. The molecule has 1 N–H and O–H groups in total. The zero-order chi connectivity index (χ0) is 14.1. The minimum atomic E-state index is -0.0604. The highest BCUT2D eigenvalue weighted by molar-refractivity contribution is 7.13. The van der Waals surface area contributed by atoms with E-state index < -0.39 is 0 Å². The van der Waals surface area contributed by atoms with Gasteiger partial charge in [0.15, 0.2) is 5.13 Å². The van der Waals surface area contributed by atoms with Crippen LogP contribution in [0, 0.1) is 13.8 Å². The van der Waals surface area contributed by atoms with Crippen LogP contribution in [0.5, 0.6) is 0 Å². The third kappa shape index (κ3) is 2.75. The number of piperidine rings is 1. The van der Waals surface area contributed by atoms with Gasteiger partial charge in [0.1, 0.15) is 5.82 Å². The normalized spacial score (nSPS) is 19.3. The Bertz CT molecular complexity index is 663. The van der Waals surface area contributed by atoms with Gasteiger partial charge in [-0.1, -0.05) is 0 Å². The van der Waals surface area contributed by atoms with Crippen molar-refractivity contribution in [2.24, 2.45) is 0 Å². The van der Waals surface area contributed by atoms with E-state index in [4.69, 9.17) is 0 Å².